The van der Waals surface area contributed by atoms with E-state index in [2.05, 4.69) is 10.3 Å². The Labute approximate surface area is 180 Å². The van der Waals surface area contributed by atoms with Crippen molar-refractivity contribution in [2.24, 2.45) is 7.05 Å². The van der Waals surface area contributed by atoms with Crippen LogP contribution in [-0.2, 0) is 13.6 Å². The molecule has 32 heavy (non-hydrogen) atoms. The van der Waals surface area contributed by atoms with Crippen LogP contribution in [0.3, 0.4) is 0 Å². The predicted octanol–water partition coefficient (Wildman–Crippen LogP) is 4.28. The highest BCUT2D eigenvalue weighted by atomic mass is 19.1. The average molecular weight is 438 g/mol. The maximum Gasteiger partial charge on any atom is 0.276 e. The molecule has 9 heteroatoms. The SMILES string of the molecule is Cn1cc(C2CN(C(=O)c3cc(-c4c(F)cc(F)cc4F)on3)Cc3ccccc32)cn1. The number of aromatic nitrogens is 3. The molecule has 5 rings (SSSR count). The fourth-order valence-electron chi connectivity index (χ4n) is 4.10. The van der Waals surface area contributed by atoms with E-state index in [1.807, 2.05) is 37.5 Å². The Morgan fingerprint density at radius 1 is 1.12 bits per heavy atom. The number of halogens is 3. The number of amides is 1. The summed E-state index contributed by atoms with van der Waals surface area (Å²) < 4.78 is 48.1. The fraction of sp³-hybridized carbons (Fsp3) is 0.174. The predicted molar refractivity (Wildman–Crippen MR) is 108 cm³/mol. The Hall–Kier alpha value is -3.88. The Kier molecular flexibility index (Phi) is 4.80. The molecule has 1 amide bonds. The molecule has 0 saturated heterocycles. The van der Waals surface area contributed by atoms with Crippen molar-refractivity contribution >= 4 is 5.91 Å². The van der Waals surface area contributed by atoms with Crippen LogP contribution < -0.4 is 0 Å². The van der Waals surface area contributed by atoms with Crippen LogP contribution in [0.2, 0.25) is 0 Å². The van der Waals surface area contributed by atoms with Gasteiger partial charge < -0.3 is 9.42 Å². The smallest absolute Gasteiger partial charge is 0.276 e. The lowest BCUT2D eigenvalue weighted by Gasteiger charge is -2.34. The van der Waals surface area contributed by atoms with Gasteiger partial charge in [-0.05, 0) is 16.7 Å². The topological polar surface area (TPSA) is 64.2 Å². The standard InChI is InChI=1S/C23H17F3N4O2/c1-29-10-14(9-27-29)17-12-30(11-13-4-2-3-5-16(13)17)23(31)20-8-21(32-28-20)22-18(25)6-15(24)7-19(22)26/h2-10,17H,11-12H2,1H3. The molecule has 0 fully saturated rings. The third kappa shape index (κ3) is 3.45. The number of hydrogen-bond acceptors (Lipinski definition) is 4. The second-order valence-electron chi connectivity index (χ2n) is 7.71. The normalized spacial score (nSPS) is 15.6. The lowest BCUT2D eigenvalue weighted by atomic mass is 9.86. The largest absolute Gasteiger partial charge is 0.355 e. The molecule has 6 nitrogen and oxygen atoms in total. The van der Waals surface area contributed by atoms with E-state index in [0.717, 1.165) is 16.7 Å². The minimum atomic E-state index is -1.14. The van der Waals surface area contributed by atoms with Crippen molar-refractivity contribution in [2.45, 2.75) is 12.5 Å². The van der Waals surface area contributed by atoms with Crippen molar-refractivity contribution in [3.63, 3.8) is 0 Å². The van der Waals surface area contributed by atoms with Crippen LogP contribution in [-0.4, -0.2) is 32.3 Å². The van der Waals surface area contributed by atoms with Crippen molar-refractivity contribution in [1.29, 1.82) is 0 Å². The number of rotatable bonds is 3. The van der Waals surface area contributed by atoms with Crippen LogP contribution in [0.15, 0.2) is 59.4 Å². The summed E-state index contributed by atoms with van der Waals surface area (Å²) in [7, 11) is 1.83. The Morgan fingerprint density at radius 3 is 2.59 bits per heavy atom. The van der Waals surface area contributed by atoms with E-state index in [9.17, 15) is 18.0 Å². The van der Waals surface area contributed by atoms with Crippen molar-refractivity contribution in [2.75, 3.05) is 6.54 Å². The van der Waals surface area contributed by atoms with Gasteiger partial charge in [0, 0.05) is 50.5 Å². The lowest BCUT2D eigenvalue weighted by molar-refractivity contribution is 0.0714. The molecule has 4 aromatic rings. The molecule has 0 aliphatic carbocycles. The second kappa shape index (κ2) is 7.67. The van der Waals surface area contributed by atoms with Crippen molar-refractivity contribution in [3.05, 3.63) is 94.7 Å². The summed E-state index contributed by atoms with van der Waals surface area (Å²) in [5.41, 5.74) is 2.40. The third-order valence-corrected chi connectivity index (χ3v) is 5.59. The van der Waals surface area contributed by atoms with Crippen LogP contribution in [0.1, 0.15) is 33.1 Å². The van der Waals surface area contributed by atoms with E-state index >= 15 is 0 Å². The van der Waals surface area contributed by atoms with Crippen LogP contribution in [0.25, 0.3) is 11.3 Å². The maximum atomic E-state index is 14.1. The van der Waals surface area contributed by atoms with Gasteiger partial charge in [0.15, 0.2) is 11.5 Å². The molecule has 2 aromatic carbocycles. The number of hydrogen-bond donors (Lipinski definition) is 0. The van der Waals surface area contributed by atoms with Gasteiger partial charge in [0.05, 0.1) is 11.8 Å². The first-order valence-electron chi connectivity index (χ1n) is 9.88. The number of aryl methyl sites for hydroxylation is 1. The highest BCUT2D eigenvalue weighted by Gasteiger charge is 2.32. The number of carbonyl (C=O) groups excluding carboxylic acids is 1. The molecule has 2 aromatic heterocycles. The van der Waals surface area contributed by atoms with Crippen molar-refractivity contribution in [3.8, 4) is 11.3 Å². The first-order valence-corrected chi connectivity index (χ1v) is 9.88. The zero-order valence-electron chi connectivity index (χ0n) is 16.9. The highest BCUT2D eigenvalue weighted by molar-refractivity contribution is 5.93. The van der Waals surface area contributed by atoms with E-state index < -0.39 is 28.9 Å². The minimum Gasteiger partial charge on any atom is -0.355 e. The molecule has 0 bridgehead atoms. The number of fused-ring (bicyclic) bond motifs is 1. The summed E-state index contributed by atoms with van der Waals surface area (Å²) in [5.74, 6) is -4.14. The van der Waals surface area contributed by atoms with Crippen LogP contribution in [0.5, 0.6) is 0 Å². The van der Waals surface area contributed by atoms with Gasteiger partial charge >= 0.3 is 0 Å². The lowest BCUT2D eigenvalue weighted by Crippen LogP contribution is -2.38. The molecule has 0 spiro atoms. The number of nitrogens with zero attached hydrogens (tertiary/aromatic N) is 4. The van der Waals surface area contributed by atoms with Gasteiger partial charge in [-0.3, -0.25) is 9.48 Å². The maximum absolute atomic E-state index is 14.1. The fourth-order valence-corrected chi connectivity index (χ4v) is 4.10. The van der Waals surface area contributed by atoms with E-state index in [1.54, 1.807) is 15.8 Å². The summed E-state index contributed by atoms with van der Waals surface area (Å²) >= 11 is 0. The van der Waals surface area contributed by atoms with Crippen LogP contribution in [0.4, 0.5) is 13.2 Å². The van der Waals surface area contributed by atoms with Gasteiger partial charge in [-0.1, -0.05) is 29.4 Å². The van der Waals surface area contributed by atoms with Crippen molar-refractivity contribution in [1.82, 2.24) is 19.8 Å². The number of carbonyl (C=O) groups is 1. The number of benzene rings is 2. The minimum absolute atomic E-state index is 0.0871. The van der Waals surface area contributed by atoms with Gasteiger partial charge in [-0.25, -0.2) is 13.2 Å². The summed E-state index contributed by atoms with van der Waals surface area (Å²) in [6.45, 7) is 0.732. The molecular formula is C23H17F3N4O2. The van der Waals surface area contributed by atoms with Crippen molar-refractivity contribution < 1.29 is 22.5 Å². The van der Waals surface area contributed by atoms with E-state index in [-0.39, 0.29) is 17.4 Å². The molecule has 3 heterocycles. The van der Waals surface area contributed by atoms with Crippen LogP contribution in [0, 0.1) is 17.5 Å². The summed E-state index contributed by atoms with van der Waals surface area (Å²) in [4.78, 5) is 14.8. The van der Waals surface area contributed by atoms with Gasteiger partial charge in [-0.2, -0.15) is 5.10 Å². The summed E-state index contributed by atoms with van der Waals surface area (Å²) in [6.07, 6.45) is 3.67. The zero-order chi connectivity index (χ0) is 22.4. The molecule has 0 N–H and O–H groups in total. The monoisotopic (exact) mass is 438 g/mol. The van der Waals surface area contributed by atoms with Gasteiger partial charge in [0.2, 0.25) is 0 Å². The quantitative estimate of drug-likeness (QED) is 0.479. The molecule has 1 unspecified atom stereocenters. The molecule has 1 atom stereocenters. The molecular weight excluding hydrogens is 421 g/mol. The Balaban J connectivity index is 1.47. The molecule has 0 radical (unpaired) electrons. The first kappa shape index (κ1) is 20.0. The van der Waals surface area contributed by atoms with E-state index in [4.69, 9.17) is 4.52 Å². The van der Waals surface area contributed by atoms with E-state index in [0.29, 0.717) is 25.2 Å². The summed E-state index contributed by atoms with van der Waals surface area (Å²) in [5, 5.41) is 7.96. The van der Waals surface area contributed by atoms with Crippen LogP contribution >= 0.6 is 0 Å². The van der Waals surface area contributed by atoms with E-state index in [1.165, 1.54) is 6.07 Å². The zero-order valence-corrected chi connectivity index (χ0v) is 16.9. The average Bonchev–Trinajstić information content (AvgIpc) is 3.41. The molecule has 162 valence electrons. The van der Waals surface area contributed by atoms with Gasteiger partial charge in [0.25, 0.3) is 5.91 Å². The Morgan fingerprint density at radius 2 is 1.88 bits per heavy atom. The third-order valence-electron chi connectivity index (χ3n) is 5.59. The second-order valence-corrected chi connectivity index (χ2v) is 7.71. The molecule has 0 saturated carbocycles. The molecule has 1 aliphatic rings. The Bertz CT molecular complexity index is 1310. The highest BCUT2D eigenvalue weighted by Crippen LogP contribution is 2.34. The first-order chi connectivity index (χ1) is 15.4. The van der Waals surface area contributed by atoms with Gasteiger partial charge in [-0.15, -0.1) is 0 Å². The molecule has 1 aliphatic heterocycles. The van der Waals surface area contributed by atoms with Gasteiger partial charge in [0.1, 0.15) is 17.5 Å². The summed E-state index contributed by atoms with van der Waals surface area (Å²) in [6, 6.07) is 10.1.